The molecule has 1 N–H and O–H groups in total. The van der Waals surface area contributed by atoms with E-state index in [-0.39, 0.29) is 0 Å². The van der Waals surface area contributed by atoms with Crippen LogP contribution < -0.4 is 5.32 Å². The molecule has 0 bridgehead atoms. The van der Waals surface area contributed by atoms with Crippen molar-refractivity contribution >= 4 is 5.69 Å². The van der Waals surface area contributed by atoms with Gasteiger partial charge in [0.1, 0.15) is 6.07 Å². The third-order valence-electron chi connectivity index (χ3n) is 3.47. The summed E-state index contributed by atoms with van der Waals surface area (Å²) in [5.41, 5.74) is 2.81. The van der Waals surface area contributed by atoms with Crippen LogP contribution in [0.3, 0.4) is 0 Å². The van der Waals surface area contributed by atoms with Crippen LogP contribution in [0, 0.1) is 24.2 Å². The van der Waals surface area contributed by atoms with E-state index in [1.807, 2.05) is 25.1 Å². The van der Waals surface area contributed by atoms with Crippen molar-refractivity contribution in [3.8, 4) is 6.07 Å². The Balaban J connectivity index is 2.06. The zero-order chi connectivity index (χ0) is 12.3. The summed E-state index contributed by atoms with van der Waals surface area (Å²) in [5, 5.41) is 12.5. The lowest BCUT2D eigenvalue weighted by Gasteiger charge is -2.17. The molecule has 1 fully saturated rings. The number of nitrogens with zero attached hydrogens (tertiary/aromatic N) is 1. The van der Waals surface area contributed by atoms with Crippen molar-refractivity contribution in [3.63, 3.8) is 0 Å². The van der Waals surface area contributed by atoms with E-state index in [0.29, 0.717) is 12.0 Å². The fourth-order valence-corrected chi connectivity index (χ4v) is 2.27. The predicted octanol–water partition coefficient (Wildman–Crippen LogP) is 2.70. The molecular formula is C14H18N2O. The van der Waals surface area contributed by atoms with Crippen LogP contribution >= 0.6 is 0 Å². The molecule has 2 atom stereocenters. The molecule has 17 heavy (non-hydrogen) atoms. The van der Waals surface area contributed by atoms with Crippen LogP contribution in [0.25, 0.3) is 0 Å². The number of aryl methyl sites for hydroxylation is 1. The first-order chi connectivity index (χ1) is 8.22. The van der Waals surface area contributed by atoms with E-state index in [9.17, 15) is 0 Å². The summed E-state index contributed by atoms with van der Waals surface area (Å²) in [6, 6.07) is 8.02. The molecule has 1 aliphatic heterocycles. The Morgan fingerprint density at radius 2 is 2.35 bits per heavy atom. The van der Waals surface area contributed by atoms with Crippen LogP contribution in [-0.4, -0.2) is 19.3 Å². The van der Waals surface area contributed by atoms with Gasteiger partial charge in [-0.2, -0.15) is 5.26 Å². The third-order valence-corrected chi connectivity index (χ3v) is 3.47. The van der Waals surface area contributed by atoms with Crippen LogP contribution in [0.2, 0.25) is 0 Å². The average Bonchev–Trinajstić information content (AvgIpc) is 2.73. The Kier molecular flexibility index (Phi) is 3.65. The molecule has 1 aliphatic rings. The molecule has 90 valence electrons. The molecule has 3 heteroatoms. The van der Waals surface area contributed by atoms with E-state index >= 15 is 0 Å². The Morgan fingerprint density at radius 1 is 1.53 bits per heavy atom. The topological polar surface area (TPSA) is 45.0 Å². The fraction of sp³-hybridized carbons (Fsp3) is 0.500. The summed E-state index contributed by atoms with van der Waals surface area (Å²) in [6.45, 7) is 5.87. The van der Waals surface area contributed by atoms with Gasteiger partial charge < -0.3 is 10.1 Å². The van der Waals surface area contributed by atoms with Crippen molar-refractivity contribution in [2.24, 2.45) is 5.92 Å². The Hall–Kier alpha value is -1.53. The van der Waals surface area contributed by atoms with Crippen molar-refractivity contribution in [2.75, 3.05) is 18.5 Å². The number of nitriles is 1. The van der Waals surface area contributed by atoms with Gasteiger partial charge in [-0.05, 0) is 31.9 Å². The van der Waals surface area contributed by atoms with Gasteiger partial charge in [0.15, 0.2) is 0 Å². The Bertz CT molecular complexity index is 436. The van der Waals surface area contributed by atoms with Gasteiger partial charge in [0.25, 0.3) is 0 Å². The van der Waals surface area contributed by atoms with Gasteiger partial charge in [-0.3, -0.25) is 0 Å². The maximum absolute atomic E-state index is 9.07. The highest BCUT2D eigenvalue weighted by molar-refractivity contribution is 5.62. The van der Waals surface area contributed by atoms with Crippen molar-refractivity contribution in [1.29, 1.82) is 5.26 Å². The van der Waals surface area contributed by atoms with Crippen molar-refractivity contribution in [1.82, 2.24) is 0 Å². The van der Waals surface area contributed by atoms with Gasteiger partial charge in [-0.25, -0.2) is 0 Å². The molecule has 1 heterocycles. The SMILES string of the molecule is Cc1cccc(C#N)c1NCC1CCOC1C. The number of ether oxygens (including phenoxy) is 1. The standard InChI is InChI=1S/C14H18N2O/c1-10-4-3-5-12(8-15)14(10)16-9-13-6-7-17-11(13)2/h3-5,11,13,16H,6-7,9H2,1-2H3. The zero-order valence-corrected chi connectivity index (χ0v) is 10.4. The van der Waals surface area contributed by atoms with E-state index in [1.54, 1.807) is 0 Å². The summed E-state index contributed by atoms with van der Waals surface area (Å²) < 4.78 is 5.54. The monoisotopic (exact) mass is 230 g/mol. The number of nitrogens with one attached hydrogen (secondary N) is 1. The van der Waals surface area contributed by atoms with Gasteiger partial charge in [0.05, 0.1) is 17.4 Å². The first-order valence-electron chi connectivity index (χ1n) is 6.07. The van der Waals surface area contributed by atoms with Gasteiger partial charge >= 0.3 is 0 Å². The molecule has 0 spiro atoms. The number of rotatable bonds is 3. The minimum atomic E-state index is 0.317. The average molecular weight is 230 g/mol. The summed E-state index contributed by atoms with van der Waals surface area (Å²) in [7, 11) is 0. The van der Waals surface area contributed by atoms with Gasteiger partial charge in [-0.15, -0.1) is 0 Å². The second kappa shape index (κ2) is 5.20. The normalized spacial score (nSPS) is 23.4. The number of hydrogen-bond donors (Lipinski definition) is 1. The summed E-state index contributed by atoms with van der Waals surface area (Å²) in [5.74, 6) is 0.543. The number of benzene rings is 1. The van der Waals surface area contributed by atoms with Crippen molar-refractivity contribution < 1.29 is 4.74 Å². The van der Waals surface area contributed by atoms with E-state index in [1.165, 1.54) is 0 Å². The lowest BCUT2D eigenvalue weighted by Crippen LogP contribution is -2.21. The summed E-state index contributed by atoms with van der Waals surface area (Å²) in [4.78, 5) is 0. The minimum Gasteiger partial charge on any atom is -0.383 e. The molecular weight excluding hydrogens is 212 g/mol. The summed E-state index contributed by atoms with van der Waals surface area (Å²) in [6.07, 6.45) is 1.42. The molecule has 1 saturated heterocycles. The molecule has 0 saturated carbocycles. The van der Waals surface area contributed by atoms with Crippen LogP contribution in [-0.2, 0) is 4.74 Å². The Labute approximate surface area is 102 Å². The highest BCUT2D eigenvalue weighted by Gasteiger charge is 2.24. The second-order valence-corrected chi connectivity index (χ2v) is 4.61. The zero-order valence-electron chi connectivity index (χ0n) is 10.4. The van der Waals surface area contributed by atoms with Gasteiger partial charge in [0, 0.05) is 19.1 Å². The highest BCUT2D eigenvalue weighted by Crippen LogP contribution is 2.24. The molecule has 3 nitrogen and oxygen atoms in total. The van der Waals surface area contributed by atoms with Crippen molar-refractivity contribution in [3.05, 3.63) is 29.3 Å². The van der Waals surface area contributed by atoms with Crippen LogP contribution in [0.4, 0.5) is 5.69 Å². The first-order valence-corrected chi connectivity index (χ1v) is 6.07. The van der Waals surface area contributed by atoms with E-state index in [0.717, 1.165) is 36.4 Å². The van der Waals surface area contributed by atoms with Crippen LogP contribution in [0.5, 0.6) is 0 Å². The number of para-hydroxylation sites is 1. The van der Waals surface area contributed by atoms with Gasteiger partial charge in [-0.1, -0.05) is 12.1 Å². The van der Waals surface area contributed by atoms with E-state index in [4.69, 9.17) is 10.00 Å². The molecule has 2 unspecified atom stereocenters. The smallest absolute Gasteiger partial charge is 0.101 e. The quantitative estimate of drug-likeness (QED) is 0.868. The minimum absolute atomic E-state index is 0.317. The molecule has 0 radical (unpaired) electrons. The molecule has 1 aromatic rings. The van der Waals surface area contributed by atoms with Gasteiger partial charge in [0.2, 0.25) is 0 Å². The molecule has 0 aromatic heterocycles. The second-order valence-electron chi connectivity index (χ2n) is 4.61. The highest BCUT2D eigenvalue weighted by atomic mass is 16.5. The fourth-order valence-electron chi connectivity index (χ4n) is 2.27. The Morgan fingerprint density at radius 3 is 3.00 bits per heavy atom. The molecule has 0 amide bonds. The molecule has 1 aromatic carbocycles. The molecule has 0 aliphatic carbocycles. The number of anilines is 1. The number of hydrogen-bond acceptors (Lipinski definition) is 3. The van der Waals surface area contributed by atoms with Crippen LogP contribution in [0.15, 0.2) is 18.2 Å². The lowest BCUT2D eigenvalue weighted by molar-refractivity contribution is 0.108. The predicted molar refractivity (Wildman–Crippen MR) is 67.9 cm³/mol. The molecule has 2 rings (SSSR count). The van der Waals surface area contributed by atoms with E-state index < -0.39 is 0 Å². The largest absolute Gasteiger partial charge is 0.383 e. The maximum Gasteiger partial charge on any atom is 0.101 e. The van der Waals surface area contributed by atoms with Crippen LogP contribution in [0.1, 0.15) is 24.5 Å². The lowest BCUT2D eigenvalue weighted by atomic mass is 10.0. The maximum atomic E-state index is 9.07. The van der Waals surface area contributed by atoms with Crippen molar-refractivity contribution in [2.45, 2.75) is 26.4 Å². The first kappa shape index (κ1) is 11.9. The van der Waals surface area contributed by atoms with E-state index in [2.05, 4.69) is 18.3 Å². The summed E-state index contributed by atoms with van der Waals surface area (Å²) >= 11 is 0. The third kappa shape index (κ3) is 2.59.